The molecule has 0 aliphatic rings. The van der Waals surface area contributed by atoms with Gasteiger partial charge in [-0.05, 0) is 23.8 Å². The number of aromatic nitrogens is 2. The van der Waals surface area contributed by atoms with Crippen LogP contribution in [0, 0.1) is 0 Å². The highest BCUT2D eigenvalue weighted by atomic mass is 32.2. The molecule has 0 atom stereocenters. The standard InChI is InChI=1S/C19H17N3O4S/c1-27(25,26)21-18(23)13-22-17-10-6-5-9-15(17)20-16(19(22)24)12-11-14-7-3-2-4-8-14/h2-12H,13H2,1H3,(H,21,23)/b12-11+. The average Bonchev–Trinajstić information content (AvgIpc) is 2.62. The van der Waals surface area contributed by atoms with Crippen LogP contribution in [0.5, 0.6) is 0 Å². The first kappa shape index (κ1) is 18.5. The first-order chi connectivity index (χ1) is 12.8. The molecule has 7 nitrogen and oxygen atoms in total. The van der Waals surface area contributed by atoms with Gasteiger partial charge in [-0.3, -0.25) is 18.9 Å². The summed E-state index contributed by atoms with van der Waals surface area (Å²) in [7, 11) is -3.71. The predicted octanol–water partition coefficient (Wildman–Crippen LogP) is 1.64. The molecule has 0 saturated carbocycles. The van der Waals surface area contributed by atoms with Gasteiger partial charge in [-0.15, -0.1) is 0 Å². The Hall–Kier alpha value is -3.26. The van der Waals surface area contributed by atoms with Gasteiger partial charge in [0.15, 0.2) is 0 Å². The van der Waals surface area contributed by atoms with Gasteiger partial charge in [0.05, 0.1) is 17.3 Å². The first-order valence-corrected chi connectivity index (χ1v) is 9.96. The van der Waals surface area contributed by atoms with Crippen LogP contribution in [0.4, 0.5) is 0 Å². The third kappa shape index (κ3) is 4.68. The van der Waals surface area contributed by atoms with Gasteiger partial charge in [-0.1, -0.05) is 48.5 Å². The summed E-state index contributed by atoms with van der Waals surface area (Å²) in [6.45, 7) is -0.429. The largest absolute Gasteiger partial charge is 0.295 e. The topological polar surface area (TPSA) is 98.1 Å². The number of benzene rings is 2. The fourth-order valence-electron chi connectivity index (χ4n) is 2.60. The maximum Gasteiger partial charge on any atom is 0.277 e. The van der Waals surface area contributed by atoms with Crippen LogP contribution in [0.3, 0.4) is 0 Å². The lowest BCUT2D eigenvalue weighted by Crippen LogP contribution is -2.36. The second kappa shape index (κ2) is 7.55. The van der Waals surface area contributed by atoms with Crippen LogP contribution in [0.2, 0.25) is 0 Å². The van der Waals surface area contributed by atoms with Crippen molar-refractivity contribution in [3.63, 3.8) is 0 Å². The van der Waals surface area contributed by atoms with Crippen molar-refractivity contribution < 1.29 is 13.2 Å². The lowest BCUT2D eigenvalue weighted by atomic mass is 10.2. The molecule has 138 valence electrons. The van der Waals surface area contributed by atoms with E-state index in [0.29, 0.717) is 11.0 Å². The highest BCUT2D eigenvalue weighted by Crippen LogP contribution is 2.12. The van der Waals surface area contributed by atoms with Crippen LogP contribution in [0.1, 0.15) is 11.3 Å². The number of hydrogen-bond donors (Lipinski definition) is 1. The molecule has 1 N–H and O–H groups in total. The number of fused-ring (bicyclic) bond motifs is 1. The minimum Gasteiger partial charge on any atom is -0.295 e. The molecule has 0 bridgehead atoms. The van der Waals surface area contributed by atoms with E-state index in [-0.39, 0.29) is 5.69 Å². The van der Waals surface area contributed by atoms with E-state index in [9.17, 15) is 18.0 Å². The quantitative estimate of drug-likeness (QED) is 0.722. The predicted molar refractivity (Wildman–Crippen MR) is 104 cm³/mol. The summed E-state index contributed by atoms with van der Waals surface area (Å²) >= 11 is 0. The molecule has 0 spiro atoms. The van der Waals surface area contributed by atoms with E-state index in [2.05, 4.69) is 4.98 Å². The monoisotopic (exact) mass is 383 g/mol. The number of nitrogens with zero attached hydrogens (tertiary/aromatic N) is 2. The fourth-order valence-corrected chi connectivity index (χ4v) is 3.08. The Kier molecular flexibility index (Phi) is 5.18. The molecule has 0 saturated heterocycles. The molecule has 0 radical (unpaired) electrons. The van der Waals surface area contributed by atoms with Crippen molar-refractivity contribution in [2.24, 2.45) is 0 Å². The van der Waals surface area contributed by atoms with Crippen molar-refractivity contribution >= 4 is 39.1 Å². The lowest BCUT2D eigenvalue weighted by molar-refractivity contribution is -0.119. The van der Waals surface area contributed by atoms with Crippen molar-refractivity contribution in [3.8, 4) is 0 Å². The minimum absolute atomic E-state index is 0.157. The summed E-state index contributed by atoms with van der Waals surface area (Å²) in [4.78, 5) is 29.2. The molecule has 1 heterocycles. The Morgan fingerprint density at radius 1 is 1.07 bits per heavy atom. The summed E-state index contributed by atoms with van der Waals surface area (Å²) in [5, 5.41) is 0. The Balaban J connectivity index is 2.06. The van der Waals surface area contributed by atoms with Gasteiger partial charge in [-0.25, -0.2) is 13.4 Å². The molecular formula is C19H17N3O4S. The van der Waals surface area contributed by atoms with E-state index in [0.717, 1.165) is 11.8 Å². The number of para-hydroxylation sites is 2. The zero-order chi connectivity index (χ0) is 19.4. The number of nitrogens with one attached hydrogen (secondary N) is 1. The van der Waals surface area contributed by atoms with Gasteiger partial charge in [0.25, 0.3) is 11.5 Å². The zero-order valence-corrected chi connectivity index (χ0v) is 15.3. The second-order valence-electron chi connectivity index (χ2n) is 5.92. The highest BCUT2D eigenvalue weighted by Gasteiger charge is 2.14. The van der Waals surface area contributed by atoms with Gasteiger partial charge in [0.1, 0.15) is 12.2 Å². The normalized spacial score (nSPS) is 11.7. The molecule has 0 aliphatic heterocycles. The molecule has 0 aliphatic carbocycles. The summed E-state index contributed by atoms with van der Waals surface area (Å²) in [6.07, 6.45) is 4.21. The Morgan fingerprint density at radius 2 is 1.74 bits per heavy atom. The Bertz CT molecular complexity index is 1180. The number of rotatable bonds is 5. The maximum absolute atomic E-state index is 12.8. The molecule has 27 heavy (non-hydrogen) atoms. The van der Waals surface area contributed by atoms with Crippen molar-refractivity contribution in [3.05, 3.63) is 76.2 Å². The summed E-state index contributed by atoms with van der Waals surface area (Å²) in [5.74, 6) is -0.797. The van der Waals surface area contributed by atoms with Crippen LogP contribution >= 0.6 is 0 Å². The SMILES string of the molecule is CS(=O)(=O)NC(=O)Cn1c(=O)c(/C=C/c2ccccc2)nc2ccccc21. The van der Waals surface area contributed by atoms with E-state index in [1.54, 1.807) is 36.4 Å². The molecule has 3 rings (SSSR count). The van der Waals surface area contributed by atoms with Crippen molar-refractivity contribution in [1.82, 2.24) is 14.3 Å². The smallest absolute Gasteiger partial charge is 0.277 e. The Morgan fingerprint density at radius 3 is 2.44 bits per heavy atom. The zero-order valence-electron chi connectivity index (χ0n) is 14.5. The van der Waals surface area contributed by atoms with Crippen molar-refractivity contribution in [2.45, 2.75) is 6.54 Å². The second-order valence-corrected chi connectivity index (χ2v) is 7.67. The summed E-state index contributed by atoms with van der Waals surface area (Å²) < 4.78 is 25.6. The molecule has 8 heteroatoms. The third-order valence-corrected chi connectivity index (χ3v) is 4.31. The molecular weight excluding hydrogens is 366 g/mol. The third-order valence-electron chi connectivity index (χ3n) is 3.71. The van der Waals surface area contributed by atoms with Gasteiger partial charge in [0, 0.05) is 0 Å². The molecule has 1 amide bonds. The number of hydrogen-bond acceptors (Lipinski definition) is 5. The average molecular weight is 383 g/mol. The number of carbonyl (C=O) groups excluding carboxylic acids is 1. The van der Waals surface area contributed by atoms with Crippen molar-refractivity contribution in [2.75, 3.05) is 6.26 Å². The van der Waals surface area contributed by atoms with Crippen LogP contribution in [-0.2, 0) is 21.4 Å². The van der Waals surface area contributed by atoms with E-state index >= 15 is 0 Å². The van der Waals surface area contributed by atoms with Crippen LogP contribution in [0.25, 0.3) is 23.2 Å². The van der Waals surface area contributed by atoms with Gasteiger partial charge in [-0.2, -0.15) is 0 Å². The summed E-state index contributed by atoms with van der Waals surface area (Å²) in [6, 6.07) is 16.3. The van der Waals surface area contributed by atoms with Gasteiger partial charge in [0.2, 0.25) is 10.0 Å². The molecule has 2 aromatic carbocycles. The molecule has 1 aromatic heterocycles. The van der Waals surface area contributed by atoms with E-state index in [4.69, 9.17) is 0 Å². The van der Waals surface area contributed by atoms with Crippen molar-refractivity contribution in [1.29, 1.82) is 0 Å². The lowest BCUT2D eigenvalue weighted by Gasteiger charge is -2.11. The minimum atomic E-state index is -3.71. The maximum atomic E-state index is 12.8. The van der Waals surface area contributed by atoms with Crippen LogP contribution in [-0.4, -0.2) is 30.1 Å². The Labute approximate surface area is 156 Å². The van der Waals surface area contributed by atoms with Crippen LogP contribution < -0.4 is 10.3 Å². The molecule has 3 aromatic rings. The number of amides is 1. The molecule has 0 fully saturated rings. The van der Waals surface area contributed by atoms with E-state index in [1.807, 2.05) is 35.1 Å². The number of carbonyl (C=O) groups is 1. The summed E-state index contributed by atoms with van der Waals surface area (Å²) in [5.41, 5.74) is 1.54. The molecule has 0 unspecified atom stereocenters. The first-order valence-electron chi connectivity index (χ1n) is 8.07. The number of sulfonamides is 1. The fraction of sp³-hybridized carbons (Fsp3) is 0.105. The van der Waals surface area contributed by atoms with Crippen LogP contribution in [0.15, 0.2) is 59.4 Å². The van der Waals surface area contributed by atoms with E-state index < -0.39 is 28.0 Å². The highest BCUT2D eigenvalue weighted by molar-refractivity contribution is 7.89. The van der Waals surface area contributed by atoms with Gasteiger partial charge < -0.3 is 0 Å². The van der Waals surface area contributed by atoms with Gasteiger partial charge >= 0.3 is 0 Å². The van der Waals surface area contributed by atoms with E-state index in [1.165, 1.54) is 4.57 Å².